The molecule has 4 heteroatoms. The Kier molecular flexibility index (Phi) is 5.90. The first-order chi connectivity index (χ1) is 10.7. The highest BCUT2D eigenvalue weighted by atomic mass is 32.2. The number of rotatable bonds is 6. The van der Waals surface area contributed by atoms with Crippen LogP contribution >= 0.6 is 11.8 Å². The highest BCUT2D eigenvalue weighted by Gasteiger charge is 2.12. The van der Waals surface area contributed by atoms with Crippen LogP contribution in [0.25, 0.3) is 0 Å². The predicted octanol–water partition coefficient (Wildman–Crippen LogP) is 4.59. The van der Waals surface area contributed by atoms with Gasteiger partial charge in [0.05, 0.1) is 19.3 Å². The van der Waals surface area contributed by atoms with E-state index >= 15 is 0 Å². The molecule has 0 spiro atoms. The summed E-state index contributed by atoms with van der Waals surface area (Å²) in [5, 5.41) is 0. The molecule has 2 aromatic rings. The Hall–Kier alpha value is -1.94. The van der Waals surface area contributed by atoms with Crippen molar-refractivity contribution in [2.45, 2.75) is 30.1 Å². The third-order valence-electron chi connectivity index (χ3n) is 3.25. The summed E-state index contributed by atoms with van der Waals surface area (Å²) in [7, 11) is 1.66. The van der Waals surface area contributed by atoms with Crippen LogP contribution in [-0.2, 0) is 11.2 Å². The zero-order chi connectivity index (χ0) is 15.9. The van der Waals surface area contributed by atoms with Crippen LogP contribution in [0.5, 0.6) is 5.75 Å². The largest absolute Gasteiger partial charge is 0.497 e. The van der Waals surface area contributed by atoms with Gasteiger partial charge in [-0.15, -0.1) is 0 Å². The molecule has 0 bridgehead atoms. The van der Waals surface area contributed by atoms with Gasteiger partial charge < -0.3 is 9.47 Å². The molecular formula is C18H20O3S. The van der Waals surface area contributed by atoms with E-state index in [1.165, 1.54) is 0 Å². The number of methoxy groups -OCH3 is 1. The van der Waals surface area contributed by atoms with Crippen molar-refractivity contribution in [1.82, 2.24) is 0 Å². The van der Waals surface area contributed by atoms with Crippen LogP contribution < -0.4 is 4.74 Å². The quantitative estimate of drug-likeness (QED) is 0.730. The Labute approximate surface area is 135 Å². The summed E-state index contributed by atoms with van der Waals surface area (Å²) < 4.78 is 10.3. The van der Waals surface area contributed by atoms with Gasteiger partial charge in [0.25, 0.3) is 0 Å². The molecule has 0 amide bonds. The lowest BCUT2D eigenvalue weighted by Crippen LogP contribution is -2.07. The van der Waals surface area contributed by atoms with Crippen LogP contribution in [0.2, 0.25) is 0 Å². The number of carbonyl (C=O) groups is 1. The zero-order valence-corrected chi connectivity index (χ0v) is 13.9. The fraction of sp³-hybridized carbons (Fsp3) is 0.278. The zero-order valence-electron chi connectivity index (χ0n) is 13.1. The molecule has 0 heterocycles. The van der Waals surface area contributed by atoms with Gasteiger partial charge in [-0.3, -0.25) is 0 Å². The van der Waals surface area contributed by atoms with Crippen molar-refractivity contribution in [3.05, 3.63) is 53.6 Å². The van der Waals surface area contributed by atoms with Gasteiger partial charge in [0.1, 0.15) is 5.75 Å². The summed E-state index contributed by atoms with van der Waals surface area (Å²) in [6.07, 6.45) is 0.797. The van der Waals surface area contributed by atoms with E-state index in [9.17, 15) is 4.79 Å². The van der Waals surface area contributed by atoms with Gasteiger partial charge in [0.2, 0.25) is 0 Å². The molecule has 0 aromatic heterocycles. The van der Waals surface area contributed by atoms with E-state index in [0.717, 1.165) is 27.5 Å². The molecule has 2 aromatic carbocycles. The molecule has 0 unspecified atom stereocenters. The molecule has 3 nitrogen and oxygen atoms in total. The summed E-state index contributed by atoms with van der Waals surface area (Å²) in [5.74, 6) is 0.594. The minimum atomic E-state index is -0.250. The first kappa shape index (κ1) is 16.4. The number of ether oxygens (including phenoxy) is 2. The number of esters is 1. The highest BCUT2D eigenvalue weighted by Crippen LogP contribution is 2.30. The number of hydrogen-bond donors (Lipinski definition) is 0. The van der Waals surface area contributed by atoms with E-state index in [-0.39, 0.29) is 5.97 Å². The molecule has 2 rings (SSSR count). The molecule has 0 saturated carbocycles. The third kappa shape index (κ3) is 4.04. The summed E-state index contributed by atoms with van der Waals surface area (Å²) in [5.41, 5.74) is 1.67. The monoisotopic (exact) mass is 316 g/mol. The van der Waals surface area contributed by atoms with E-state index < -0.39 is 0 Å². The van der Waals surface area contributed by atoms with E-state index in [1.807, 2.05) is 50.2 Å². The Morgan fingerprint density at radius 1 is 1.05 bits per heavy atom. The van der Waals surface area contributed by atoms with Crippen LogP contribution in [0.4, 0.5) is 0 Å². The maximum absolute atomic E-state index is 11.9. The summed E-state index contributed by atoms with van der Waals surface area (Å²) in [4.78, 5) is 14.2. The second-order valence-corrected chi connectivity index (χ2v) is 5.82. The maximum atomic E-state index is 11.9. The van der Waals surface area contributed by atoms with E-state index in [1.54, 1.807) is 18.9 Å². The molecule has 0 saturated heterocycles. The first-order valence-electron chi connectivity index (χ1n) is 7.29. The average molecular weight is 316 g/mol. The average Bonchev–Trinajstić information content (AvgIpc) is 2.55. The lowest BCUT2D eigenvalue weighted by Gasteiger charge is -2.10. The Balaban J connectivity index is 2.19. The first-order valence-corrected chi connectivity index (χ1v) is 8.11. The highest BCUT2D eigenvalue weighted by molar-refractivity contribution is 7.99. The molecule has 0 aliphatic heterocycles. The van der Waals surface area contributed by atoms with Crippen molar-refractivity contribution in [1.29, 1.82) is 0 Å². The topological polar surface area (TPSA) is 35.5 Å². The van der Waals surface area contributed by atoms with Crippen LogP contribution in [0.1, 0.15) is 29.8 Å². The minimum Gasteiger partial charge on any atom is -0.497 e. The Morgan fingerprint density at radius 2 is 1.73 bits per heavy atom. The number of benzene rings is 2. The fourth-order valence-electron chi connectivity index (χ4n) is 2.11. The van der Waals surface area contributed by atoms with E-state index in [4.69, 9.17) is 9.47 Å². The third-order valence-corrected chi connectivity index (χ3v) is 4.25. The van der Waals surface area contributed by atoms with Crippen LogP contribution in [-0.4, -0.2) is 19.7 Å². The maximum Gasteiger partial charge on any atom is 0.338 e. The minimum absolute atomic E-state index is 0.250. The second kappa shape index (κ2) is 7.90. The predicted molar refractivity (Wildman–Crippen MR) is 88.9 cm³/mol. The van der Waals surface area contributed by atoms with Gasteiger partial charge >= 0.3 is 5.97 Å². The molecular weight excluding hydrogens is 296 g/mol. The van der Waals surface area contributed by atoms with Gasteiger partial charge in [-0.1, -0.05) is 18.7 Å². The van der Waals surface area contributed by atoms with Crippen LogP contribution in [0.15, 0.2) is 52.3 Å². The number of carbonyl (C=O) groups excluding carboxylic acids is 1. The normalized spacial score (nSPS) is 10.3. The smallest absolute Gasteiger partial charge is 0.338 e. The molecule has 0 atom stereocenters. The summed E-state index contributed by atoms with van der Waals surface area (Å²) in [6.45, 7) is 4.25. The molecule has 0 radical (unpaired) electrons. The fourth-order valence-corrected chi connectivity index (χ4v) is 3.00. The molecule has 0 N–H and O–H groups in total. The van der Waals surface area contributed by atoms with Crippen molar-refractivity contribution in [3.8, 4) is 5.75 Å². The molecule has 0 aliphatic rings. The van der Waals surface area contributed by atoms with Gasteiger partial charge in [-0.2, -0.15) is 0 Å². The molecule has 0 fully saturated rings. The number of aryl methyl sites for hydroxylation is 1. The van der Waals surface area contributed by atoms with Crippen molar-refractivity contribution < 1.29 is 14.3 Å². The van der Waals surface area contributed by atoms with Crippen molar-refractivity contribution in [3.63, 3.8) is 0 Å². The standard InChI is InChI=1S/C18H20O3S/c1-4-13-12-16(10-11-17(13)18(19)21-5-2)22-15-8-6-14(20-3)7-9-15/h6-12H,4-5H2,1-3H3. The van der Waals surface area contributed by atoms with Gasteiger partial charge in [-0.25, -0.2) is 4.79 Å². The lowest BCUT2D eigenvalue weighted by atomic mass is 10.1. The van der Waals surface area contributed by atoms with E-state index in [0.29, 0.717) is 12.2 Å². The van der Waals surface area contributed by atoms with Crippen LogP contribution in [0.3, 0.4) is 0 Å². The van der Waals surface area contributed by atoms with Gasteiger partial charge in [0.15, 0.2) is 0 Å². The van der Waals surface area contributed by atoms with Crippen molar-refractivity contribution in [2.24, 2.45) is 0 Å². The Morgan fingerprint density at radius 3 is 2.32 bits per heavy atom. The molecule has 22 heavy (non-hydrogen) atoms. The lowest BCUT2D eigenvalue weighted by molar-refractivity contribution is 0.0525. The van der Waals surface area contributed by atoms with Crippen molar-refractivity contribution >= 4 is 17.7 Å². The second-order valence-electron chi connectivity index (χ2n) is 4.67. The summed E-state index contributed by atoms with van der Waals surface area (Å²) in [6, 6.07) is 13.8. The van der Waals surface area contributed by atoms with Gasteiger partial charge in [-0.05, 0) is 61.4 Å². The van der Waals surface area contributed by atoms with Crippen molar-refractivity contribution in [2.75, 3.05) is 13.7 Å². The van der Waals surface area contributed by atoms with Crippen LogP contribution in [0, 0.1) is 0 Å². The Bertz CT molecular complexity index is 635. The molecule has 0 aliphatic carbocycles. The van der Waals surface area contributed by atoms with E-state index in [2.05, 4.69) is 6.07 Å². The SMILES string of the molecule is CCOC(=O)c1ccc(Sc2ccc(OC)cc2)cc1CC. The molecule has 116 valence electrons. The number of hydrogen-bond acceptors (Lipinski definition) is 4. The summed E-state index contributed by atoms with van der Waals surface area (Å²) >= 11 is 1.66. The van der Waals surface area contributed by atoms with Gasteiger partial charge in [0, 0.05) is 9.79 Å².